The Balaban J connectivity index is 2.32. The first-order valence-electron chi connectivity index (χ1n) is 5.01. The summed E-state index contributed by atoms with van der Waals surface area (Å²) < 4.78 is 23.8. The Morgan fingerprint density at radius 2 is 2.00 bits per heavy atom. The van der Waals surface area contributed by atoms with E-state index in [1.54, 1.807) is 12.1 Å². The third kappa shape index (κ3) is 1.21. The normalized spacial score (nSPS) is 21.9. The van der Waals surface area contributed by atoms with Crippen molar-refractivity contribution in [3.05, 3.63) is 35.4 Å². The van der Waals surface area contributed by atoms with Crippen LogP contribution < -0.4 is 4.90 Å². The average molecular weight is 221 g/mol. The minimum Gasteiger partial charge on any atom is -0.343 e. The van der Waals surface area contributed by atoms with Crippen LogP contribution in [-0.4, -0.2) is 15.0 Å². The second-order valence-electron chi connectivity index (χ2n) is 3.88. The van der Waals surface area contributed by atoms with Gasteiger partial charge < -0.3 is 4.90 Å². The average Bonchev–Trinajstić information content (AvgIpc) is 2.65. The summed E-state index contributed by atoms with van der Waals surface area (Å²) in [5.41, 5.74) is 1.78. The van der Waals surface area contributed by atoms with Crippen molar-refractivity contribution in [1.29, 1.82) is 0 Å². The molecular weight excluding hydrogens is 210 g/mol. The largest absolute Gasteiger partial charge is 0.343 e. The Kier molecular flexibility index (Phi) is 1.71. The second kappa shape index (κ2) is 2.85. The summed E-state index contributed by atoms with van der Waals surface area (Å²) in [6, 6.07) is 7.21. The summed E-state index contributed by atoms with van der Waals surface area (Å²) in [5.74, 6) is 0. The fourth-order valence-electron chi connectivity index (χ4n) is 2.26. The third-order valence-corrected chi connectivity index (χ3v) is 4.46. The van der Waals surface area contributed by atoms with E-state index in [9.17, 15) is 8.42 Å². The maximum absolute atomic E-state index is 11.9. The van der Waals surface area contributed by atoms with Gasteiger partial charge in [-0.25, -0.2) is 8.42 Å². The van der Waals surface area contributed by atoms with Gasteiger partial charge in [-0.2, -0.15) is 0 Å². The number of anilines is 1. The zero-order chi connectivity index (χ0) is 10.5. The zero-order valence-corrected chi connectivity index (χ0v) is 9.00. The number of hydrogen-bond donors (Lipinski definition) is 0. The molecule has 1 aromatic carbocycles. The molecule has 0 bridgehead atoms. The molecule has 2 heterocycles. The van der Waals surface area contributed by atoms with E-state index in [4.69, 9.17) is 0 Å². The summed E-state index contributed by atoms with van der Waals surface area (Å²) in [6.45, 7) is 0.929. The van der Waals surface area contributed by atoms with Crippen LogP contribution in [0.1, 0.15) is 12.8 Å². The van der Waals surface area contributed by atoms with Gasteiger partial charge in [-0.1, -0.05) is 12.1 Å². The molecule has 0 amide bonds. The second-order valence-corrected chi connectivity index (χ2v) is 5.64. The highest BCUT2D eigenvalue weighted by Crippen LogP contribution is 2.38. The van der Waals surface area contributed by atoms with Gasteiger partial charge in [-0.15, -0.1) is 0 Å². The Morgan fingerprint density at radius 3 is 2.87 bits per heavy atom. The van der Waals surface area contributed by atoms with Crippen molar-refractivity contribution in [2.24, 2.45) is 0 Å². The molecule has 0 spiro atoms. The van der Waals surface area contributed by atoms with Crippen LogP contribution >= 0.6 is 0 Å². The Hall–Kier alpha value is -1.29. The third-order valence-electron chi connectivity index (χ3n) is 2.92. The molecule has 0 atom stereocenters. The molecule has 0 saturated carbocycles. The molecule has 15 heavy (non-hydrogen) atoms. The zero-order valence-electron chi connectivity index (χ0n) is 8.18. The molecule has 1 aromatic rings. The molecule has 1 fully saturated rings. The van der Waals surface area contributed by atoms with Gasteiger partial charge in [0.05, 0.1) is 16.0 Å². The van der Waals surface area contributed by atoms with Crippen LogP contribution in [0.15, 0.2) is 40.3 Å². The minimum atomic E-state index is -3.20. The van der Waals surface area contributed by atoms with E-state index >= 15 is 0 Å². The summed E-state index contributed by atoms with van der Waals surface area (Å²) in [4.78, 5) is 2.55. The first-order chi connectivity index (χ1) is 7.18. The van der Waals surface area contributed by atoms with Crippen molar-refractivity contribution >= 4 is 15.5 Å². The monoisotopic (exact) mass is 221 g/mol. The molecular formula is C11H11NO2S. The lowest BCUT2D eigenvalue weighted by Gasteiger charge is -2.26. The lowest BCUT2D eigenvalue weighted by atomic mass is 10.3. The first-order valence-corrected chi connectivity index (χ1v) is 6.55. The molecule has 0 unspecified atom stereocenters. The fourth-order valence-corrected chi connectivity index (χ4v) is 3.73. The number of allylic oxidation sites excluding steroid dienone is 1. The van der Waals surface area contributed by atoms with Gasteiger partial charge in [0.25, 0.3) is 0 Å². The molecule has 0 N–H and O–H groups in total. The number of benzene rings is 1. The highest BCUT2D eigenvalue weighted by Gasteiger charge is 2.31. The van der Waals surface area contributed by atoms with E-state index < -0.39 is 9.84 Å². The summed E-state index contributed by atoms with van der Waals surface area (Å²) in [5, 5.41) is 1.42. The number of para-hydroxylation sites is 1. The van der Waals surface area contributed by atoms with E-state index in [0.717, 1.165) is 30.8 Å². The highest BCUT2D eigenvalue weighted by atomic mass is 32.2. The molecule has 2 aliphatic heterocycles. The topological polar surface area (TPSA) is 37.4 Å². The van der Waals surface area contributed by atoms with E-state index in [-0.39, 0.29) is 0 Å². The number of sulfone groups is 1. The predicted molar refractivity (Wildman–Crippen MR) is 58.3 cm³/mol. The maximum atomic E-state index is 11.9. The SMILES string of the molecule is O=S1(=O)C=C2CCCN2c2ccccc21. The van der Waals surface area contributed by atoms with Gasteiger partial charge in [0.1, 0.15) is 0 Å². The van der Waals surface area contributed by atoms with Gasteiger partial charge in [-0.3, -0.25) is 0 Å². The van der Waals surface area contributed by atoms with E-state index in [2.05, 4.69) is 4.90 Å². The van der Waals surface area contributed by atoms with Crippen LogP contribution in [-0.2, 0) is 9.84 Å². The van der Waals surface area contributed by atoms with Crippen molar-refractivity contribution in [1.82, 2.24) is 0 Å². The van der Waals surface area contributed by atoms with Crippen LogP contribution in [0.3, 0.4) is 0 Å². The van der Waals surface area contributed by atoms with Crippen LogP contribution in [0.4, 0.5) is 5.69 Å². The quantitative estimate of drug-likeness (QED) is 0.671. The fraction of sp³-hybridized carbons (Fsp3) is 0.273. The van der Waals surface area contributed by atoms with Gasteiger partial charge in [-0.05, 0) is 25.0 Å². The van der Waals surface area contributed by atoms with Crippen molar-refractivity contribution in [2.45, 2.75) is 17.7 Å². The summed E-state index contributed by atoms with van der Waals surface area (Å²) in [6.07, 6.45) is 1.91. The summed E-state index contributed by atoms with van der Waals surface area (Å²) >= 11 is 0. The van der Waals surface area contributed by atoms with Crippen molar-refractivity contribution in [3.63, 3.8) is 0 Å². The minimum absolute atomic E-state index is 0.440. The molecule has 1 saturated heterocycles. The number of hydrogen-bond acceptors (Lipinski definition) is 3. The molecule has 3 rings (SSSR count). The van der Waals surface area contributed by atoms with Crippen molar-refractivity contribution < 1.29 is 8.42 Å². The standard InChI is InChI=1S/C11H11NO2S/c13-15(14)8-9-4-3-7-12(9)10-5-1-2-6-11(10)15/h1-2,5-6,8H,3-4,7H2. The van der Waals surface area contributed by atoms with E-state index in [1.165, 1.54) is 5.41 Å². The number of fused-ring (bicyclic) bond motifs is 3. The number of rotatable bonds is 0. The van der Waals surface area contributed by atoms with Gasteiger partial charge in [0.15, 0.2) is 0 Å². The Labute approximate surface area is 88.9 Å². The lowest BCUT2D eigenvalue weighted by molar-refractivity contribution is 0.603. The van der Waals surface area contributed by atoms with Crippen LogP contribution in [0, 0.1) is 0 Å². The number of nitrogens with zero attached hydrogens (tertiary/aromatic N) is 1. The molecule has 0 aliphatic carbocycles. The highest BCUT2D eigenvalue weighted by molar-refractivity contribution is 7.94. The van der Waals surface area contributed by atoms with Crippen molar-refractivity contribution in [3.8, 4) is 0 Å². The predicted octanol–water partition coefficient (Wildman–Crippen LogP) is 1.92. The molecule has 78 valence electrons. The van der Waals surface area contributed by atoms with E-state index in [0.29, 0.717) is 4.90 Å². The Bertz CT molecular complexity index is 545. The molecule has 0 aromatic heterocycles. The first kappa shape index (κ1) is 8.97. The Morgan fingerprint density at radius 1 is 1.20 bits per heavy atom. The van der Waals surface area contributed by atoms with Crippen LogP contribution in [0.2, 0.25) is 0 Å². The van der Waals surface area contributed by atoms with E-state index in [1.807, 2.05) is 12.1 Å². The molecule has 3 nitrogen and oxygen atoms in total. The van der Waals surface area contributed by atoms with Crippen molar-refractivity contribution in [2.75, 3.05) is 11.4 Å². The van der Waals surface area contributed by atoms with Gasteiger partial charge in [0.2, 0.25) is 9.84 Å². The van der Waals surface area contributed by atoms with Gasteiger partial charge in [0, 0.05) is 12.2 Å². The molecule has 0 radical (unpaired) electrons. The molecule has 2 aliphatic rings. The van der Waals surface area contributed by atoms with Crippen LogP contribution in [0.5, 0.6) is 0 Å². The summed E-state index contributed by atoms with van der Waals surface area (Å²) in [7, 11) is -3.20. The van der Waals surface area contributed by atoms with Gasteiger partial charge >= 0.3 is 0 Å². The van der Waals surface area contributed by atoms with Crippen LogP contribution in [0.25, 0.3) is 0 Å². The maximum Gasteiger partial charge on any atom is 0.203 e. The molecule has 4 heteroatoms. The lowest BCUT2D eigenvalue weighted by Crippen LogP contribution is -2.23. The smallest absolute Gasteiger partial charge is 0.203 e.